The van der Waals surface area contributed by atoms with Crippen molar-refractivity contribution >= 4 is 23.1 Å². The molecule has 4 heteroatoms. The van der Waals surface area contributed by atoms with E-state index in [-0.39, 0.29) is 5.91 Å². The van der Waals surface area contributed by atoms with Crippen LogP contribution in [0.4, 0.5) is 5.69 Å². The van der Waals surface area contributed by atoms with Crippen molar-refractivity contribution < 1.29 is 14.7 Å². The van der Waals surface area contributed by atoms with E-state index in [1.54, 1.807) is 11.9 Å². The van der Waals surface area contributed by atoms with Crippen LogP contribution in [0.15, 0.2) is 24.3 Å². The van der Waals surface area contributed by atoms with E-state index in [1.807, 2.05) is 18.2 Å². The van der Waals surface area contributed by atoms with Gasteiger partial charge in [0.15, 0.2) is 0 Å². The van der Waals surface area contributed by atoms with Gasteiger partial charge in [0.2, 0.25) is 5.91 Å². The molecule has 3 rings (SSSR count). The van der Waals surface area contributed by atoms with Crippen molar-refractivity contribution in [1.29, 1.82) is 0 Å². The molecule has 1 aromatic carbocycles. The maximum absolute atomic E-state index is 11.7. The number of benzene rings is 1. The highest BCUT2D eigenvalue weighted by atomic mass is 16.4. The highest BCUT2D eigenvalue weighted by Crippen LogP contribution is 2.43. The summed E-state index contributed by atoms with van der Waals surface area (Å²) in [5, 5.41) is 9.01. The molecule has 0 bridgehead atoms. The maximum atomic E-state index is 11.7. The van der Waals surface area contributed by atoms with Crippen molar-refractivity contribution in [3.8, 4) is 0 Å². The number of carboxylic acids is 1. The van der Waals surface area contributed by atoms with Crippen LogP contribution in [-0.2, 0) is 16.0 Å². The molecule has 104 valence electrons. The minimum Gasteiger partial charge on any atom is -0.478 e. The lowest BCUT2D eigenvalue weighted by Gasteiger charge is -2.26. The SMILES string of the molecule is CN1C(=O)CCc2cc(/C(=C/C(=O)O)C3CC3)ccc21. The number of hydrogen-bond acceptors (Lipinski definition) is 2. The highest BCUT2D eigenvalue weighted by Gasteiger charge is 2.29. The van der Waals surface area contributed by atoms with Gasteiger partial charge in [-0.25, -0.2) is 4.79 Å². The molecule has 0 atom stereocenters. The molecule has 1 amide bonds. The normalized spacial score (nSPS) is 18.9. The van der Waals surface area contributed by atoms with Crippen LogP contribution in [0.3, 0.4) is 0 Å². The molecular formula is C16H17NO3. The molecule has 0 aromatic heterocycles. The molecule has 0 unspecified atom stereocenters. The Labute approximate surface area is 117 Å². The molecule has 1 heterocycles. The first-order valence-electron chi connectivity index (χ1n) is 6.90. The number of nitrogens with zero attached hydrogens (tertiary/aromatic N) is 1. The van der Waals surface area contributed by atoms with Crippen LogP contribution in [0.5, 0.6) is 0 Å². The minimum absolute atomic E-state index is 0.133. The van der Waals surface area contributed by atoms with Crippen molar-refractivity contribution in [1.82, 2.24) is 0 Å². The lowest BCUT2D eigenvalue weighted by atomic mass is 9.94. The molecule has 1 aromatic rings. The lowest BCUT2D eigenvalue weighted by molar-refractivity contribution is -0.131. The zero-order chi connectivity index (χ0) is 14.3. The van der Waals surface area contributed by atoms with E-state index in [0.717, 1.165) is 41.6 Å². The van der Waals surface area contributed by atoms with E-state index >= 15 is 0 Å². The monoisotopic (exact) mass is 271 g/mol. The second-order valence-electron chi connectivity index (χ2n) is 5.51. The van der Waals surface area contributed by atoms with Gasteiger partial charge in [0.05, 0.1) is 0 Å². The van der Waals surface area contributed by atoms with Crippen LogP contribution in [0.1, 0.15) is 30.4 Å². The smallest absolute Gasteiger partial charge is 0.328 e. The van der Waals surface area contributed by atoms with Crippen LogP contribution >= 0.6 is 0 Å². The van der Waals surface area contributed by atoms with Gasteiger partial charge >= 0.3 is 5.97 Å². The third kappa shape index (κ3) is 2.33. The molecule has 1 N–H and O–H groups in total. The number of rotatable bonds is 3. The Morgan fingerprint density at radius 1 is 1.35 bits per heavy atom. The molecule has 4 nitrogen and oxygen atoms in total. The molecule has 0 radical (unpaired) electrons. The standard InChI is InChI=1S/C16H17NO3/c1-17-14-6-4-11(8-12(14)5-7-15(17)18)13(9-16(19)20)10-2-3-10/h4,6,8-10H,2-3,5,7H2,1H3,(H,19,20)/b13-9+. The predicted molar refractivity (Wildman–Crippen MR) is 76.5 cm³/mol. The topological polar surface area (TPSA) is 57.6 Å². The van der Waals surface area contributed by atoms with Gasteiger partial charge in [0.25, 0.3) is 0 Å². The highest BCUT2D eigenvalue weighted by molar-refractivity contribution is 5.97. The Morgan fingerprint density at radius 2 is 2.10 bits per heavy atom. The van der Waals surface area contributed by atoms with E-state index in [0.29, 0.717) is 12.3 Å². The number of carboxylic acid groups (broad SMARTS) is 1. The number of aryl methyl sites for hydroxylation is 1. The molecule has 2 aliphatic rings. The van der Waals surface area contributed by atoms with Gasteiger partial charge in [-0.15, -0.1) is 0 Å². The fourth-order valence-corrected chi connectivity index (χ4v) is 2.80. The quantitative estimate of drug-likeness (QED) is 0.859. The van der Waals surface area contributed by atoms with Crippen LogP contribution in [-0.4, -0.2) is 24.0 Å². The van der Waals surface area contributed by atoms with Gasteiger partial charge < -0.3 is 10.0 Å². The van der Waals surface area contributed by atoms with Crippen LogP contribution in [0.25, 0.3) is 5.57 Å². The average molecular weight is 271 g/mol. The molecular weight excluding hydrogens is 254 g/mol. The summed E-state index contributed by atoms with van der Waals surface area (Å²) in [6, 6.07) is 5.91. The van der Waals surface area contributed by atoms with E-state index in [2.05, 4.69) is 0 Å². The molecule has 1 aliphatic heterocycles. The summed E-state index contributed by atoms with van der Waals surface area (Å²) < 4.78 is 0. The Morgan fingerprint density at radius 3 is 2.75 bits per heavy atom. The number of allylic oxidation sites excluding steroid dienone is 1. The molecule has 1 fully saturated rings. The summed E-state index contributed by atoms with van der Waals surface area (Å²) in [6.45, 7) is 0. The average Bonchev–Trinajstić information content (AvgIpc) is 3.24. The molecule has 0 spiro atoms. The minimum atomic E-state index is -0.892. The third-order valence-electron chi connectivity index (χ3n) is 4.05. The van der Waals surface area contributed by atoms with Gasteiger partial charge in [-0.3, -0.25) is 4.79 Å². The Balaban J connectivity index is 1.99. The van der Waals surface area contributed by atoms with Gasteiger partial charge in [-0.2, -0.15) is 0 Å². The van der Waals surface area contributed by atoms with E-state index in [4.69, 9.17) is 5.11 Å². The van der Waals surface area contributed by atoms with E-state index < -0.39 is 5.97 Å². The van der Waals surface area contributed by atoms with Crippen LogP contribution in [0, 0.1) is 5.92 Å². The summed E-state index contributed by atoms with van der Waals surface area (Å²) in [5.74, 6) is -0.377. The van der Waals surface area contributed by atoms with Gasteiger partial charge in [-0.1, -0.05) is 6.07 Å². The fourth-order valence-electron chi connectivity index (χ4n) is 2.80. The first-order valence-corrected chi connectivity index (χ1v) is 6.90. The van der Waals surface area contributed by atoms with Crippen LogP contribution < -0.4 is 4.90 Å². The molecule has 0 saturated heterocycles. The lowest BCUT2D eigenvalue weighted by Crippen LogP contribution is -2.31. The Kier molecular flexibility index (Phi) is 3.08. The number of carbonyl (C=O) groups excluding carboxylic acids is 1. The first kappa shape index (κ1) is 12.9. The summed E-state index contributed by atoms with van der Waals surface area (Å²) in [6.07, 6.45) is 4.71. The number of anilines is 1. The predicted octanol–water partition coefficient (Wildman–Crippen LogP) is 2.47. The van der Waals surface area contributed by atoms with Crippen molar-refractivity contribution in [2.75, 3.05) is 11.9 Å². The zero-order valence-corrected chi connectivity index (χ0v) is 11.4. The number of hydrogen-bond donors (Lipinski definition) is 1. The summed E-state index contributed by atoms with van der Waals surface area (Å²) in [5.41, 5.74) is 3.97. The van der Waals surface area contributed by atoms with Crippen molar-refractivity contribution in [3.05, 3.63) is 35.4 Å². The second kappa shape index (κ2) is 4.78. The maximum Gasteiger partial charge on any atom is 0.328 e. The van der Waals surface area contributed by atoms with Crippen molar-refractivity contribution in [3.63, 3.8) is 0 Å². The van der Waals surface area contributed by atoms with Crippen molar-refractivity contribution in [2.45, 2.75) is 25.7 Å². The number of amides is 1. The fraction of sp³-hybridized carbons (Fsp3) is 0.375. The third-order valence-corrected chi connectivity index (χ3v) is 4.05. The van der Waals surface area contributed by atoms with Gasteiger partial charge in [0, 0.05) is 25.2 Å². The largest absolute Gasteiger partial charge is 0.478 e. The number of fused-ring (bicyclic) bond motifs is 1. The molecule has 1 aliphatic carbocycles. The number of aliphatic carboxylic acids is 1. The van der Waals surface area contributed by atoms with Crippen molar-refractivity contribution in [2.24, 2.45) is 5.92 Å². The zero-order valence-electron chi connectivity index (χ0n) is 11.4. The summed E-state index contributed by atoms with van der Waals surface area (Å²) in [7, 11) is 1.79. The summed E-state index contributed by atoms with van der Waals surface area (Å²) in [4.78, 5) is 24.3. The molecule has 20 heavy (non-hydrogen) atoms. The Hall–Kier alpha value is -2.10. The summed E-state index contributed by atoms with van der Waals surface area (Å²) >= 11 is 0. The molecule has 1 saturated carbocycles. The second-order valence-corrected chi connectivity index (χ2v) is 5.51. The first-order chi connectivity index (χ1) is 9.56. The van der Waals surface area contributed by atoms with Crippen LogP contribution in [0.2, 0.25) is 0 Å². The van der Waals surface area contributed by atoms with E-state index in [9.17, 15) is 9.59 Å². The van der Waals surface area contributed by atoms with E-state index in [1.165, 1.54) is 6.08 Å². The Bertz CT molecular complexity index is 614. The van der Waals surface area contributed by atoms with Gasteiger partial charge in [0.1, 0.15) is 0 Å². The van der Waals surface area contributed by atoms with Gasteiger partial charge in [-0.05, 0) is 54.0 Å². The number of carbonyl (C=O) groups is 2.